The van der Waals surface area contributed by atoms with Crippen LogP contribution < -0.4 is 15.8 Å². The predicted octanol–water partition coefficient (Wildman–Crippen LogP) is 2.61. The molecule has 1 aromatic heterocycles. The topological polar surface area (TPSA) is 90.1 Å². The van der Waals surface area contributed by atoms with E-state index in [4.69, 9.17) is 10.5 Å². The van der Waals surface area contributed by atoms with Crippen LogP contribution in [0.4, 0.5) is 11.4 Å². The molecule has 1 heterocycles. The first kappa shape index (κ1) is 17.7. The highest BCUT2D eigenvalue weighted by Gasteiger charge is 2.13. The Morgan fingerprint density at radius 2 is 2.05 bits per heavy atom. The maximum Gasteiger partial charge on any atom is 0.257 e. The van der Waals surface area contributed by atoms with Gasteiger partial charge in [0.05, 0.1) is 29.7 Å². The van der Waals surface area contributed by atoms with E-state index in [0.717, 1.165) is 0 Å². The van der Waals surface area contributed by atoms with Gasteiger partial charge in [0.1, 0.15) is 5.75 Å². The fourth-order valence-corrected chi connectivity index (χ4v) is 1.98. The van der Waals surface area contributed by atoms with Crippen molar-refractivity contribution in [3.05, 3.63) is 41.2 Å². The largest absolute Gasteiger partial charge is 0.495 e. The average molecular weight is 323 g/mol. The molecule has 0 bridgehead atoms. The van der Waals surface area contributed by atoms with Gasteiger partial charge in [-0.05, 0) is 37.6 Å². The van der Waals surface area contributed by atoms with E-state index in [9.17, 15) is 4.79 Å². The number of aromatic nitrogens is 2. The zero-order valence-corrected chi connectivity index (χ0v) is 13.5. The minimum Gasteiger partial charge on any atom is -0.495 e. The third-order valence-corrected chi connectivity index (χ3v) is 3.06. The number of hydrogen-bond acceptors (Lipinski definition) is 5. The van der Waals surface area contributed by atoms with E-state index in [-0.39, 0.29) is 18.3 Å². The molecule has 2 rings (SSSR count). The lowest BCUT2D eigenvalue weighted by Crippen LogP contribution is -2.16. The average Bonchev–Trinajstić information content (AvgIpc) is 2.47. The molecule has 1 aromatic carbocycles. The summed E-state index contributed by atoms with van der Waals surface area (Å²) in [6, 6.07) is 6.83. The second kappa shape index (κ2) is 7.61. The second-order valence-corrected chi connectivity index (χ2v) is 4.61. The number of aryl methyl sites for hydroxylation is 2. The van der Waals surface area contributed by atoms with Crippen LogP contribution in [-0.4, -0.2) is 23.2 Å². The third-order valence-electron chi connectivity index (χ3n) is 3.06. The first-order valence-corrected chi connectivity index (χ1v) is 6.63. The quantitative estimate of drug-likeness (QED) is 0.844. The highest BCUT2D eigenvalue weighted by molar-refractivity contribution is 6.05. The number of nitrogens with one attached hydrogen (secondary N) is 1. The molecule has 6 nitrogen and oxygen atoms in total. The molecule has 7 heteroatoms. The number of anilines is 2. The second-order valence-electron chi connectivity index (χ2n) is 4.61. The van der Waals surface area contributed by atoms with Gasteiger partial charge < -0.3 is 15.8 Å². The number of nitrogens with two attached hydrogens (primary N) is 1. The summed E-state index contributed by atoms with van der Waals surface area (Å²) in [5, 5.41) is 10.8. The van der Waals surface area contributed by atoms with Gasteiger partial charge in [0.15, 0.2) is 0 Å². The summed E-state index contributed by atoms with van der Waals surface area (Å²) in [4.78, 5) is 12.4. The number of nitrogens with zero attached hydrogens (tertiary/aromatic N) is 2. The Kier molecular flexibility index (Phi) is 6.12. The predicted molar refractivity (Wildman–Crippen MR) is 88.8 cm³/mol. The Labute approximate surface area is 135 Å². The first-order chi connectivity index (χ1) is 10.0. The highest BCUT2D eigenvalue weighted by Crippen LogP contribution is 2.25. The Morgan fingerprint density at radius 1 is 1.32 bits per heavy atom. The van der Waals surface area contributed by atoms with Gasteiger partial charge in [-0.15, -0.1) is 12.4 Å². The van der Waals surface area contributed by atoms with Gasteiger partial charge in [-0.2, -0.15) is 10.2 Å². The summed E-state index contributed by atoms with van der Waals surface area (Å²) >= 11 is 0. The van der Waals surface area contributed by atoms with E-state index in [2.05, 4.69) is 15.5 Å². The number of methoxy groups -OCH3 is 1. The molecule has 1 amide bonds. The normalized spacial score (nSPS) is 9.77. The number of carbonyl (C=O) groups excluding carboxylic acids is 1. The Balaban J connectivity index is 0.00000242. The maximum atomic E-state index is 12.4. The summed E-state index contributed by atoms with van der Waals surface area (Å²) in [6.07, 6.45) is 0.640. The maximum absolute atomic E-state index is 12.4. The van der Waals surface area contributed by atoms with E-state index < -0.39 is 0 Å². The zero-order valence-electron chi connectivity index (χ0n) is 12.7. The number of ether oxygens (including phenoxy) is 1. The standard InChI is InChI=1S/C15H18N4O2.ClH/c1-4-13-11(7-9(2)18-19-13)15(20)17-10-5-6-14(21-3)12(16)8-10;/h5-8H,4,16H2,1-3H3,(H,17,20);1H. The monoisotopic (exact) mass is 322 g/mol. The fraction of sp³-hybridized carbons (Fsp3) is 0.267. The van der Waals surface area contributed by atoms with E-state index in [0.29, 0.717) is 40.5 Å². The summed E-state index contributed by atoms with van der Waals surface area (Å²) < 4.78 is 5.09. The third kappa shape index (κ3) is 3.85. The van der Waals surface area contributed by atoms with Gasteiger partial charge in [0, 0.05) is 5.69 Å². The summed E-state index contributed by atoms with van der Waals surface area (Å²) in [5.41, 5.74) is 8.80. The molecule has 0 atom stereocenters. The van der Waals surface area contributed by atoms with Crippen molar-refractivity contribution in [1.82, 2.24) is 10.2 Å². The van der Waals surface area contributed by atoms with Crippen LogP contribution in [0.1, 0.15) is 28.7 Å². The number of halogens is 1. The van der Waals surface area contributed by atoms with Crippen molar-refractivity contribution in [2.45, 2.75) is 20.3 Å². The molecular weight excluding hydrogens is 304 g/mol. The van der Waals surface area contributed by atoms with Crippen LogP contribution in [0.25, 0.3) is 0 Å². The molecule has 0 spiro atoms. The minimum absolute atomic E-state index is 0. The van der Waals surface area contributed by atoms with Crippen molar-refractivity contribution in [3.63, 3.8) is 0 Å². The number of benzene rings is 1. The molecule has 118 valence electrons. The molecule has 22 heavy (non-hydrogen) atoms. The molecular formula is C15H19ClN4O2. The molecule has 0 aliphatic carbocycles. The van der Waals surface area contributed by atoms with Crippen molar-refractivity contribution < 1.29 is 9.53 Å². The first-order valence-electron chi connectivity index (χ1n) is 6.63. The van der Waals surface area contributed by atoms with Gasteiger partial charge in [0.25, 0.3) is 5.91 Å². The molecule has 0 radical (unpaired) electrons. The molecule has 0 unspecified atom stereocenters. The van der Waals surface area contributed by atoms with Crippen LogP contribution >= 0.6 is 12.4 Å². The van der Waals surface area contributed by atoms with E-state index in [1.807, 2.05) is 6.92 Å². The van der Waals surface area contributed by atoms with Crippen molar-refractivity contribution in [3.8, 4) is 5.75 Å². The van der Waals surface area contributed by atoms with Crippen LogP contribution in [0.3, 0.4) is 0 Å². The molecule has 3 N–H and O–H groups in total. The lowest BCUT2D eigenvalue weighted by Gasteiger charge is -2.10. The van der Waals surface area contributed by atoms with Gasteiger partial charge >= 0.3 is 0 Å². The molecule has 2 aromatic rings. The summed E-state index contributed by atoms with van der Waals surface area (Å²) in [5.74, 6) is 0.345. The van der Waals surface area contributed by atoms with Gasteiger partial charge in [-0.1, -0.05) is 6.92 Å². The van der Waals surface area contributed by atoms with E-state index in [1.165, 1.54) is 0 Å². The van der Waals surface area contributed by atoms with Crippen molar-refractivity contribution in [2.24, 2.45) is 0 Å². The number of rotatable bonds is 4. The van der Waals surface area contributed by atoms with Crippen molar-refractivity contribution >= 4 is 29.7 Å². The van der Waals surface area contributed by atoms with Crippen molar-refractivity contribution in [1.29, 1.82) is 0 Å². The van der Waals surface area contributed by atoms with Crippen LogP contribution in [0.2, 0.25) is 0 Å². The van der Waals surface area contributed by atoms with Crippen LogP contribution in [0.5, 0.6) is 5.75 Å². The Bertz CT molecular complexity index is 677. The van der Waals surface area contributed by atoms with E-state index >= 15 is 0 Å². The number of carbonyl (C=O) groups is 1. The lowest BCUT2D eigenvalue weighted by molar-refractivity contribution is 0.102. The van der Waals surface area contributed by atoms with Crippen LogP contribution in [-0.2, 0) is 6.42 Å². The number of hydrogen-bond donors (Lipinski definition) is 2. The smallest absolute Gasteiger partial charge is 0.257 e. The Morgan fingerprint density at radius 3 is 2.64 bits per heavy atom. The molecule has 0 saturated carbocycles. The summed E-state index contributed by atoms with van der Waals surface area (Å²) in [7, 11) is 1.54. The minimum atomic E-state index is -0.227. The lowest BCUT2D eigenvalue weighted by atomic mass is 10.1. The van der Waals surface area contributed by atoms with E-state index in [1.54, 1.807) is 38.3 Å². The van der Waals surface area contributed by atoms with Crippen molar-refractivity contribution in [2.75, 3.05) is 18.2 Å². The van der Waals surface area contributed by atoms with Crippen LogP contribution in [0.15, 0.2) is 24.3 Å². The van der Waals surface area contributed by atoms with Gasteiger partial charge in [-0.3, -0.25) is 4.79 Å². The number of nitrogen functional groups attached to an aromatic ring is 1. The van der Waals surface area contributed by atoms with Crippen LogP contribution in [0, 0.1) is 6.92 Å². The molecule has 0 fully saturated rings. The van der Waals surface area contributed by atoms with Gasteiger partial charge in [0.2, 0.25) is 0 Å². The highest BCUT2D eigenvalue weighted by atomic mass is 35.5. The molecule has 0 saturated heterocycles. The van der Waals surface area contributed by atoms with Gasteiger partial charge in [-0.25, -0.2) is 0 Å². The molecule has 0 aliphatic rings. The fourth-order valence-electron chi connectivity index (χ4n) is 1.98. The SMILES string of the molecule is CCc1nnc(C)cc1C(=O)Nc1ccc(OC)c(N)c1.Cl. The number of amides is 1. The zero-order chi connectivity index (χ0) is 15.4. The summed E-state index contributed by atoms with van der Waals surface area (Å²) in [6.45, 7) is 3.73. The Hall–Kier alpha value is -2.34. The molecule has 0 aliphatic heterocycles.